The van der Waals surface area contributed by atoms with Crippen LogP contribution in [0, 0.1) is 5.92 Å². The van der Waals surface area contributed by atoms with Crippen LogP contribution < -0.4 is 11.1 Å². The zero-order valence-electron chi connectivity index (χ0n) is 8.39. The van der Waals surface area contributed by atoms with Gasteiger partial charge in [0.1, 0.15) is 0 Å². The van der Waals surface area contributed by atoms with Crippen molar-refractivity contribution in [3.63, 3.8) is 0 Å². The summed E-state index contributed by atoms with van der Waals surface area (Å²) in [5.74, 6) is 0.654. The molecule has 0 aromatic rings. The van der Waals surface area contributed by atoms with Gasteiger partial charge >= 0.3 is 0 Å². The SMILES string of the molecule is CC.CC(C)C(C)N/C=C\N. The van der Waals surface area contributed by atoms with Gasteiger partial charge in [-0.15, -0.1) is 0 Å². The van der Waals surface area contributed by atoms with E-state index in [0.717, 1.165) is 0 Å². The third kappa shape index (κ3) is 9.34. The second-order valence-corrected chi connectivity index (χ2v) is 2.56. The van der Waals surface area contributed by atoms with Crippen LogP contribution in [0.15, 0.2) is 12.4 Å². The molecular formula is C9H22N2. The molecule has 2 nitrogen and oxygen atoms in total. The molecule has 0 saturated carbocycles. The van der Waals surface area contributed by atoms with E-state index in [1.165, 1.54) is 6.20 Å². The molecule has 0 aromatic carbocycles. The highest BCUT2D eigenvalue weighted by atomic mass is 14.9. The Kier molecular flexibility index (Phi) is 11.0. The Balaban J connectivity index is 0. The Hall–Kier alpha value is -0.660. The molecule has 3 N–H and O–H groups in total. The second-order valence-electron chi connectivity index (χ2n) is 2.56. The van der Waals surface area contributed by atoms with Gasteiger partial charge in [0.15, 0.2) is 0 Å². The van der Waals surface area contributed by atoms with Crippen molar-refractivity contribution in [2.75, 3.05) is 0 Å². The van der Waals surface area contributed by atoms with Crippen LogP contribution in [-0.2, 0) is 0 Å². The molecule has 0 radical (unpaired) electrons. The maximum absolute atomic E-state index is 5.13. The largest absolute Gasteiger partial charge is 0.403 e. The standard InChI is InChI=1S/C7H16N2.C2H6/c1-6(2)7(3)9-5-4-8;1-2/h4-7,9H,8H2,1-3H3;1-2H3/b5-4-;. The first-order valence-electron chi connectivity index (χ1n) is 4.31. The summed E-state index contributed by atoms with van der Waals surface area (Å²) in [6.45, 7) is 10.5. The van der Waals surface area contributed by atoms with Crippen molar-refractivity contribution in [3.8, 4) is 0 Å². The fraction of sp³-hybridized carbons (Fsp3) is 0.778. The monoisotopic (exact) mass is 158 g/mol. The van der Waals surface area contributed by atoms with Crippen molar-refractivity contribution in [1.29, 1.82) is 0 Å². The number of nitrogens with one attached hydrogen (secondary N) is 1. The Bertz CT molecular complexity index is 87.6. The lowest BCUT2D eigenvalue weighted by Gasteiger charge is -2.14. The first-order valence-corrected chi connectivity index (χ1v) is 4.31. The predicted molar refractivity (Wildman–Crippen MR) is 52.1 cm³/mol. The molecule has 0 aromatic heterocycles. The van der Waals surface area contributed by atoms with Crippen molar-refractivity contribution >= 4 is 0 Å². The van der Waals surface area contributed by atoms with Gasteiger partial charge in [-0.25, -0.2) is 0 Å². The molecular weight excluding hydrogens is 136 g/mol. The van der Waals surface area contributed by atoms with Crippen LogP contribution >= 0.6 is 0 Å². The zero-order chi connectivity index (χ0) is 9.28. The predicted octanol–water partition coefficient (Wildman–Crippen LogP) is 2.08. The van der Waals surface area contributed by atoms with Gasteiger partial charge < -0.3 is 11.1 Å². The molecule has 0 aliphatic carbocycles. The van der Waals surface area contributed by atoms with E-state index in [2.05, 4.69) is 26.1 Å². The van der Waals surface area contributed by atoms with Crippen molar-refractivity contribution < 1.29 is 0 Å². The lowest BCUT2D eigenvalue weighted by molar-refractivity contribution is 0.473. The number of hydrogen-bond donors (Lipinski definition) is 2. The van der Waals surface area contributed by atoms with Crippen LogP contribution in [0.4, 0.5) is 0 Å². The molecule has 0 aliphatic rings. The van der Waals surface area contributed by atoms with E-state index in [0.29, 0.717) is 12.0 Å². The van der Waals surface area contributed by atoms with Crippen LogP contribution in [0.5, 0.6) is 0 Å². The summed E-state index contributed by atoms with van der Waals surface area (Å²) in [5.41, 5.74) is 5.13. The van der Waals surface area contributed by atoms with E-state index in [4.69, 9.17) is 5.73 Å². The fourth-order valence-corrected chi connectivity index (χ4v) is 0.400. The van der Waals surface area contributed by atoms with Crippen molar-refractivity contribution in [2.45, 2.75) is 40.7 Å². The van der Waals surface area contributed by atoms with Gasteiger partial charge in [-0.3, -0.25) is 0 Å². The topological polar surface area (TPSA) is 38.0 Å². The third-order valence-electron chi connectivity index (χ3n) is 1.46. The lowest BCUT2D eigenvalue weighted by Crippen LogP contribution is -2.26. The third-order valence-corrected chi connectivity index (χ3v) is 1.46. The molecule has 68 valence electrons. The summed E-state index contributed by atoms with van der Waals surface area (Å²) in [6, 6.07) is 0.504. The zero-order valence-corrected chi connectivity index (χ0v) is 8.39. The van der Waals surface area contributed by atoms with E-state index in [1.54, 1.807) is 6.20 Å². The second kappa shape index (κ2) is 9.34. The van der Waals surface area contributed by atoms with E-state index in [1.807, 2.05) is 13.8 Å². The fourth-order valence-electron chi connectivity index (χ4n) is 0.400. The van der Waals surface area contributed by atoms with Gasteiger partial charge in [0, 0.05) is 18.4 Å². The van der Waals surface area contributed by atoms with Gasteiger partial charge in [0.2, 0.25) is 0 Å². The van der Waals surface area contributed by atoms with Gasteiger partial charge in [-0.1, -0.05) is 27.7 Å². The molecule has 0 saturated heterocycles. The molecule has 2 heteroatoms. The maximum Gasteiger partial charge on any atom is 0.0250 e. The molecule has 0 amide bonds. The average Bonchev–Trinajstić information content (AvgIpc) is 2.03. The van der Waals surface area contributed by atoms with E-state index >= 15 is 0 Å². The lowest BCUT2D eigenvalue weighted by atomic mass is 10.1. The van der Waals surface area contributed by atoms with Crippen molar-refractivity contribution in [2.24, 2.45) is 11.7 Å². The van der Waals surface area contributed by atoms with Crippen LogP contribution in [0.25, 0.3) is 0 Å². The van der Waals surface area contributed by atoms with Crippen LogP contribution in [0.2, 0.25) is 0 Å². The van der Waals surface area contributed by atoms with E-state index in [9.17, 15) is 0 Å². The molecule has 1 unspecified atom stereocenters. The molecule has 0 spiro atoms. The first kappa shape index (κ1) is 13.0. The first-order chi connectivity index (χ1) is 5.18. The molecule has 11 heavy (non-hydrogen) atoms. The minimum Gasteiger partial charge on any atom is -0.403 e. The minimum atomic E-state index is 0.504. The highest BCUT2D eigenvalue weighted by Crippen LogP contribution is 1.98. The van der Waals surface area contributed by atoms with E-state index < -0.39 is 0 Å². The average molecular weight is 158 g/mol. The summed E-state index contributed by atoms with van der Waals surface area (Å²) in [6.07, 6.45) is 3.28. The van der Waals surface area contributed by atoms with Gasteiger partial charge in [0.25, 0.3) is 0 Å². The minimum absolute atomic E-state index is 0.504. The number of hydrogen-bond acceptors (Lipinski definition) is 2. The van der Waals surface area contributed by atoms with Gasteiger partial charge in [0.05, 0.1) is 0 Å². The Labute approximate surface area is 70.9 Å². The molecule has 0 fully saturated rings. The molecule has 0 bridgehead atoms. The Morgan fingerprint density at radius 3 is 1.91 bits per heavy atom. The summed E-state index contributed by atoms with van der Waals surface area (Å²) in [7, 11) is 0. The highest BCUT2D eigenvalue weighted by molar-refractivity contribution is 4.77. The highest BCUT2D eigenvalue weighted by Gasteiger charge is 2.01. The van der Waals surface area contributed by atoms with Gasteiger partial charge in [-0.2, -0.15) is 0 Å². The summed E-state index contributed by atoms with van der Waals surface area (Å²) < 4.78 is 0. The molecule has 0 heterocycles. The Morgan fingerprint density at radius 1 is 1.18 bits per heavy atom. The smallest absolute Gasteiger partial charge is 0.0250 e. The molecule has 0 aliphatic heterocycles. The summed E-state index contributed by atoms with van der Waals surface area (Å²) >= 11 is 0. The maximum atomic E-state index is 5.13. The normalized spacial score (nSPS) is 12.5. The van der Waals surface area contributed by atoms with Crippen LogP contribution in [-0.4, -0.2) is 6.04 Å². The quantitative estimate of drug-likeness (QED) is 0.660. The van der Waals surface area contributed by atoms with Crippen molar-refractivity contribution in [1.82, 2.24) is 5.32 Å². The summed E-state index contributed by atoms with van der Waals surface area (Å²) in [4.78, 5) is 0. The number of nitrogens with two attached hydrogens (primary N) is 1. The van der Waals surface area contributed by atoms with Crippen molar-refractivity contribution in [3.05, 3.63) is 12.4 Å². The Morgan fingerprint density at radius 2 is 1.64 bits per heavy atom. The molecule has 1 atom stereocenters. The van der Waals surface area contributed by atoms with Crippen LogP contribution in [0.1, 0.15) is 34.6 Å². The van der Waals surface area contributed by atoms with Gasteiger partial charge in [-0.05, 0) is 12.8 Å². The number of rotatable bonds is 3. The van der Waals surface area contributed by atoms with Crippen LogP contribution in [0.3, 0.4) is 0 Å². The molecule has 0 rings (SSSR count). The van der Waals surface area contributed by atoms with E-state index in [-0.39, 0.29) is 0 Å². The summed E-state index contributed by atoms with van der Waals surface area (Å²) in [5, 5.41) is 3.13.